The van der Waals surface area contributed by atoms with Crippen LogP contribution in [0.5, 0.6) is 0 Å². The Morgan fingerprint density at radius 2 is 1.77 bits per heavy atom. The summed E-state index contributed by atoms with van der Waals surface area (Å²) in [7, 11) is 0. The zero-order valence-corrected chi connectivity index (χ0v) is 17.4. The number of morpholine rings is 1. The highest BCUT2D eigenvalue weighted by molar-refractivity contribution is 5.94. The molecule has 7 heteroatoms. The minimum absolute atomic E-state index is 0.0725. The van der Waals surface area contributed by atoms with E-state index in [9.17, 15) is 4.79 Å². The van der Waals surface area contributed by atoms with Gasteiger partial charge in [0.15, 0.2) is 0 Å². The molecule has 2 aromatic carbocycles. The summed E-state index contributed by atoms with van der Waals surface area (Å²) in [6, 6.07) is 17.6. The SMILES string of the molecule is CCNC(=O)c1ccc(-c2ccnc(Nc3ccc(N4CC5CC(C4)O5)cc3)n2)cc1. The molecule has 4 heterocycles. The van der Waals surface area contributed by atoms with Gasteiger partial charge in [-0.25, -0.2) is 9.97 Å². The van der Waals surface area contributed by atoms with Gasteiger partial charge in [0.25, 0.3) is 5.91 Å². The third kappa shape index (κ3) is 4.22. The number of rotatable bonds is 6. The van der Waals surface area contributed by atoms with E-state index in [1.165, 1.54) is 12.1 Å². The minimum atomic E-state index is -0.0725. The number of carbonyl (C=O) groups is 1. The summed E-state index contributed by atoms with van der Waals surface area (Å²) in [4.78, 5) is 23.3. The molecule has 1 amide bonds. The van der Waals surface area contributed by atoms with Crippen molar-refractivity contribution in [3.05, 3.63) is 66.4 Å². The predicted molar refractivity (Wildman–Crippen MR) is 121 cm³/mol. The van der Waals surface area contributed by atoms with Crippen LogP contribution in [-0.4, -0.2) is 47.7 Å². The van der Waals surface area contributed by atoms with E-state index in [0.717, 1.165) is 30.0 Å². The number of hydrogen-bond acceptors (Lipinski definition) is 6. The fraction of sp³-hybridized carbons (Fsp3) is 0.292. The highest BCUT2D eigenvalue weighted by Gasteiger charge is 2.38. The van der Waals surface area contributed by atoms with Gasteiger partial charge in [-0.2, -0.15) is 0 Å². The van der Waals surface area contributed by atoms with Crippen LogP contribution >= 0.6 is 0 Å². The Bertz CT molecular complexity index is 1050. The lowest BCUT2D eigenvalue weighted by atomic mass is 9.98. The highest BCUT2D eigenvalue weighted by atomic mass is 16.5. The van der Waals surface area contributed by atoms with E-state index in [2.05, 4.69) is 37.6 Å². The second-order valence-corrected chi connectivity index (χ2v) is 7.89. The maximum absolute atomic E-state index is 11.9. The molecule has 3 aromatic rings. The predicted octanol–water partition coefficient (Wildman–Crippen LogP) is 3.61. The molecule has 0 aliphatic carbocycles. The van der Waals surface area contributed by atoms with Crippen molar-refractivity contribution in [2.45, 2.75) is 25.6 Å². The molecule has 2 atom stereocenters. The van der Waals surface area contributed by atoms with Gasteiger partial charge in [-0.05, 0) is 49.4 Å². The lowest BCUT2D eigenvalue weighted by Gasteiger charge is -2.48. The number of nitrogens with zero attached hydrogens (tertiary/aromatic N) is 3. The van der Waals surface area contributed by atoms with Crippen molar-refractivity contribution in [1.82, 2.24) is 15.3 Å². The van der Waals surface area contributed by atoms with Crippen LogP contribution in [0.4, 0.5) is 17.3 Å². The van der Waals surface area contributed by atoms with Crippen molar-refractivity contribution in [2.24, 2.45) is 0 Å². The monoisotopic (exact) mass is 415 g/mol. The van der Waals surface area contributed by atoms with Gasteiger partial charge in [0, 0.05) is 54.8 Å². The smallest absolute Gasteiger partial charge is 0.251 e. The first-order valence-electron chi connectivity index (χ1n) is 10.7. The van der Waals surface area contributed by atoms with Crippen LogP contribution < -0.4 is 15.5 Å². The number of nitrogens with one attached hydrogen (secondary N) is 2. The molecule has 1 aromatic heterocycles. The molecule has 31 heavy (non-hydrogen) atoms. The number of piperidine rings is 1. The van der Waals surface area contributed by atoms with E-state index < -0.39 is 0 Å². The van der Waals surface area contributed by atoms with Crippen molar-refractivity contribution in [1.29, 1.82) is 0 Å². The van der Waals surface area contributed by atoms with Gasteiger partial charge in [-0.1, -0.05) is 12.1 Å². The summed E-state index contributed by atoms with van der Waals surface area (Å²) < 4.78 is 5.72. The zero-order valence-electron chi connectivity index (χ0n) is 17.4. The molecule has 0 saturated carbocycles. The lowest BCUT2D eigenvalue weighted by Crippen LogP contribution is -2.57. The fourth-order valence-electron chi connectivity index (χ4n) is 4.09. The zero-order chi connectivity index (χ0) is 21.2. The molecular formula is C24H25N5O2. The third-order valence-corrected chi connectivity index (χ3v) is 5.68. The first-order valence-corrected chi connectivity index (χ1v) is 10.7. The molecule has 2 N–H and O–H groups in total. The second kappa shape index (κ2) is 8.35. The van der Waals surface area contributed by atoms with E-state index in [-0.39, 0.29) is 5.91 Å². The van der Waals surface area contributed by atoms with Gasteiger partial charge in [-0.3, -0.25) is 4.79 Å². The molecule has 3 aliphatic rings. The van der Waals surface area contributed by atoms with Crippen LogP contribution in [0.25, 0.3) is 11.3 Å². The molecule has 0 radical (unpaired) electrons. The molecule has 2 unspecified atom stereocenters. The molecule has 6 rings (SSSR count). The molecule has 7 nitrogen and oxygen atoms in total. The quantitative estimate of drug-likeness (QED) is 0.640. The molecule has 0 spiro atoms. The second-order valence-electron chi connectivity index (χ2n) is 7.89. The Hall–Kier alpha value is -3.45. The number of benzene rings is 2. The van der Waals surface area contributed by atoms with Crippen LogP contribution in [0.1, 0.15) is 23.7 Å². The molecular weight excluding hydrogens is 390 g/mol. The van der Waals surface area contributed by atoms with Gasteiger partial charge in [0.1, 0.15) is 0 Å². The van der Waals surface area contributed by atoms with Crippen molar-refractivity contribution in [3.8, 4) is 11.3 Å². The first kappa shape index (κ1) is 19.5. The third-order valence-electron chi connectivity index (χ3n) is 5.68. The van der Waals surface area contributed by atoms with Gasteiger partial charge < -0.3 is 20.3 Å². The lowest BCUT2D eigenvalue weighted by molar-refractivity contribution is -0.133. The van der Waals surface area contributed by atoms with Crippen LogP contribution in [0, 0.1) is 0 Å². The largest absolute Gasteiger partial charge is 0.371 e. The first-order chi connectivity index (χ1) is 15.2. The molecule has 3 aliphatic heterocycles. The Balaban J connectivity index is 1.26. The van der Waals surface area contributed by atoms with Crippen LogP contribution in [-0.2, 0) is 4.74 Å². The van der Waals surface area contributed by atoms with Gasteiger partial charge in [0.2, 0.25) is 5.95 Å². The molecule has 158 valence electrons. The molecule has 2 bridgehead atoms. The van der Waals surface area contributed by atoms with Gasteiger partial charge >= 0.3 is 0 Å². The Labute approximate surface area is 181 Å². The number of amides is 1. The van der Waals surface area contributed by atoms with Crippen LogP contribution in [0.3, 0.4) is 0 Å². The summed E-state index contributed by atoms with van der Waals surface area (Å²) in [6.45, 7) is 4.44. The van der Waals surface area contributed by atoms with Crippen LogP contribution in [0.15, 0.2) is 60.8 Å². The number of fused-ring (bicyclic) bond motifs is 2. The maximum atomic E-state index is 11.9. The van der Waals surface area contributed by atoms with Crippen molar-refractivity contribution < 1.29 is 9.53 Å². The molecule has 3 saturated heterocycles. The van der Waals surface area contributed by atoms with Crippen molar-refractivity contribution in [2.75, 3.05) is 29.9 Å². The number of carbonyl (C=O) groups excluding carboxylic acids is 1. The van der Waals surface area contributed by atoms with E-state index in [1.807, 2.05) is 49.4 Å². The summed E-state index contributed by atoms with van der Waals surface area (Å²) in [5.41, 5.74) is 4.51. The Morgan fingerprint density at radius 1 is 1.06 bits per heavy atom. The van der Waals surface area contributed by atoms with Gasteiger partial charge in [0.05, 0.1) is 17.9 Å². The average Bonchev–Trinajstić information content (AvgIpc) is 2.80. The van der Waals surface area contributed by atoms with E-state index in [1.54, 1.807) is 6.20 Å². The summed E-state index contributed by atoms with van der Waals surface area (Å²) in [5.74, 6) is 0.460. The van der Waals surface area contributed by atoms with Crippen molar-refractivity contribution in [3.63, 3.8) is 0 Å². The average molecular weight is 415 g/mol. The number of anilines is 3. The summed E-state index contributed by atoms with van der Waals surface area (Å²) in [5, 5.41) is 6.08. The summed E-state index contributed by atoms with van der Waals surface area (Å²) >= 11 is 0. The Kier molecular flexibility index (Phi) is 5.26. The van der Waals surface area contributed by atoms with E-state index >= 15 is 0 Å². The normalized spacial score (nSPS) is 19.5. The number of aromatic nitrogens is 2. The highest BCUT2D eigenvalue weighted by Crippen LogP contribution is 2.32. The number of ether oxygens (including phenoxy) is 1. The molecule has 3 fully saturated rings. The Morgan fingerprint density at radius 3 is 2.45 bits per heavy atom. The summed E-state index contributed by atoms with van der Waals surface area (Å²) in [6.07, 6.45) is 3.71. The standard InChI is InChI=1S/C24H25N5O2/c1-2-25-23(30)17-5-3-16(4-6-17)22-11-12-26-24(28-22)27-18-7-9-19(10-8-18)29-14-20-13-21(15-29)31-20/h3-12,20-21H,2,13-15H2,1H3,(H,25,30)(H,26,27,28). The topological polar surface area (TPSA) is 79.4 Å². The van der Waals surface area contributed by atoms with E-state index in [0.29, 0.717) is 30.3 Å². The number of hydrogen-bond donors (Lipinski definition) is 2. The van der Waals surface area contributed by atoms with Crippen LogP contribution in [0.2, 0.25) is 0 Å². The fourth-order valence-corrected chi connectivity index (χ4v) is 4.09. The van der Waals surface area contributed by atoms with Crippen molar-refractivity contribution >= 4 is 23.2 Å². The van der Waals surface area contributed by atoms with Gasteiger partial charge in [-0.15, -0.1) is 0 Å². The maximum Gasteiger partial charge on any atom is 0.251 e. The minimum Gasteiger partial charge on any atom is -0.371 e. The van der Waals surface area contributed by atoms with E-state index in [4.69, 9.17) is 4.74 Å².